The first-order chi connectivity index (χ1) is 6.36. The van der Waals surface area contributed by atoms with Gasteiger partial charge in [0.05, 0.1) is 11.4 Å². The maximum Gasteiger partial charge on any atom is 0.106 e. The molecule has 5 heteroatoms. The molecule has 0 saturated carbocycles. The van der Waals surface area contributed by atoms with Crippen LogP contribution in [0.3, 0.4) is 0 Å². The van der Waals surface area contributed by atoms with E-state index in [1.807, 2.05) is 11.5 Å². The molecule has 1 aromatic rings. The van der Waals surface area contributed by atoms with Crippen LogP contribution in [0.15, 0.2) is 18.0 Å². The molecule has 72 valence electrons. The summed E-state index contributed by atoms with van der Waals surface area (Å²) in [6.07, 6.45) is 1.83. The fourth-order valence-corrected chi connectivity index (χ4v) is 2.17. The summed E-state index contributed by atoms with van der Waals surface area (Å²) in [5.74, 6) is 0.879. The second-order valence-corrected chi connectivity index (χ2v) is 4.17. The lowest BCUT2D eigenvalue weighted by Gasteiger charge is -1.97. The predicted octanol–water partition coefficient (Wildman–Crippen LogP) is 1.53. The Morgan fingerprint density at radius 1 is 1.77 bits per heavy atom. The Labute approximate surface area is 86.6 Å². The largest absolute Gasteiger partial charge is 0.325 e. The third kappa shape index (κ3) is 3.91. The van der Waals surface area contributed by atoms with E-state index in [0.717, 1.165) is 23.0 Å². The van der Waals surface area contributed by atoms with Gasteiger partial charge in [-0.1, -0.05) is 18.0 Å². The van der Waals surface area contributed by atoms with Gasteiger partial charge in [-0.15, -0.1) is 17.9 Å². The van der Waals surface area contributed by atoms with Crippen LogP contribution in [-0.2, 0) is 12.3 Å². The maximum absolute atomic E-state index is 5.45. The number of nitrogens with zero attached hydrogens (tertiary/aromatic N) is 1. The average Bonchev–Trinajstić information content (AvgIpc) is 2.60. The van der Waals surface area contributed by atoms with Gasteiger partial charge in [0.15, 0.2) is 0 Å². The van der Waals surface area contributed by atoms with Crippen molar-refractivity contribution in [3.05, 3.63) is 28.7 Å². The van der Waals surface area contributed by atoms with Gasteiger partial charge in [-0.3, -0.25) is 4.72 Å². The molecule has 0 aromatic carbocycles. The van der Waals surface area contributed by atoms with Crippen LogP contribution >= 0.6 is 23.3 Å². The van der Waals surface area contributed by atoms with Crippen molar-refractivity contribution in [2.24, 2.45) is 5.73 Å². The molecule has 0 fully saturated rings. The molecule has 1 aromatic heterocycles. The summed E-state index contributed by atoms with van der Waals surface area (Å²) in [5.41, 5.74) is 6.54. The second kappa shape index (κ2) is 6.15. The zero-order chi connectivity index (χ0) is 9.52. The Morgan fingerprint density at radius 3 is 3.23 bits per heavy atom. The van der Waals surface area contributed by atoms with Crippen LogP contribution in [0.1, 0.15) is 10.7 Å². The van der Waals surface area contributed by atoms with Gasteiger partial charge >= 0.3 is 0 Å². The zero-order valence-corrected chi connectivity index (χ0v) is 8.96. The van der Waals surface area contributed by atoms with Crippen LogP contribution in [0.5, 0.6) is 0 Å². The van der Waals surface area contributed by atoms with Crippen LogP contribution in [0.2, 0.25) is 0 Å². The highest BCUT2D eigenvalue weighted by Gasteiger charge is 1.99. The first-order valence-electron chi connectivity index (χ1n) is 3.95. The van der Waals surface area contributed by atoms with E-state index in [-0.39, 0.29) is 0 Å². The molecule has 0 bridgehead atoms. The normalized spacial score (nSPS) is 10.2. The highest BCUT2D eigenvalue weighted by Crippen LogP contribution is 2.13. The van der Waals surface area contributed by atoms with Crippen molar-refractivity contribution >= 4 is 23.3 Å². The van der Waals surface area contributed by atoms with Crippen molar-refractivity contribution in [1.82, 2.24) is 9.71 Å². The smallest absolute Gasteiger partial charge is 0.106 e. The Kier molecular flexibility index (Phi) is 5.07. The van der Waals surface area contributed by atoms with Crippen LogP contribution < -0.4 is 10.5 Å². The Balaban J connectivity index is 2.24. The maximum atomic E-state index is 5.45. The molecule has 0 aliphatic rings. The van der Waals surface area contributed by atoms with E-state index in [9.17, 15) is 0 Å². The zero-order valence-electron chi connectivity index (χ0n) is 7.32. The molecule has 0 aliphatic carbocycles. The Morgan fingerprint density at radius 2 is 2.62 bits per heavy atom. The fourth-order valence-electron chi connectivity index (χ4n) is 0.752. The molecule has 0 atom stereocenters. The summed E-state index contributed by atoms with van der Waals surface area (Å²) in [4.78, 5) is 4.33. The predicted molar refractivity (Wildman–Crippen MR) is 59.5 cm³/mol. The molecule has 3 nitrogen and oxygen atoms in total. The van der Waals surface area contributed by atoms with Crippen molar-refractivity contribution in [2.75, 3.05) is 6.54 Å². The number of aromatic nitrogens is 1. The van der Waals surface area contributed by atoms with Crippen LogP contribution in [0.4, 0.5) is 0 Å². The van der Waals surface area contributed by atoms with Gasteiger partial charge in [0.25, 0.3) is 0 Å². The first kappa shape index (κ1) is 10.7. The molecule has 0 saturated heterocycles. The van der Waals surface area contributed by atoms with E-state index < -0.39 is 0 Å². The summed E-state index contributed by atoms with van der Waals surface area (Å²) in [6.45, 7) is 4.97. The minimum Gasteiger partial charge on any atom is -0.325 e. The van der Waals surface area contributed by atoms with Crippen LogP contribution in [-0.4, -0.2) is 11.5 Å². The highest BCUT2D eigenvalue weighted by atomic mass is 32.2. The lowest BCUT2D eigenvalue weighted by atomic mass is 10.6. The standard InChI is InChI=1S/C8H13N3S2/c1-2-3-10-13-6-7-5-12-8(4-9)11-7/h2,5,10H,1,3-4,6,9H2. The van der Waals surface area contributed by atoms with Gasteiger partial charge in [0.2, 0.25) is 0 Å². The molecule has 13 heavy (non-hydrogen) atoms. The molecule has 0 spiro atoms. The van der Waals surface area contributed by atoms with Gasteiger partial charge < -0.3 is 5.73 Å². The van der Waals surface area contributed by atoms with Gasteiger partial charge in [0, 0.05) is 18.5 Å². The van der Waals surface area contributed by atoms with Crippen molar-refractivity contribution in [1.29, 1.82) is 0 Å². The van der Waals surface area contributed by atoms with E-state index in [0.29, 0.717) is 6.54 Å². The number of thiazole rings is 1. The van der Waals surface area contributed by atoms with E-state index in [2.05, 4.69) is 16.3 Å². The van der Waals surface area contributed by atoms with Gasteiger partial charge in [-0.2, -0.15) is 0 Å². The van der Waals surface area contributed by atoms with E-state index >= 15 is 0 Å². The van der Waals surface area contributed by atoms with E-state index in [1.54, 1.807) is 23.3 Å². The Bertz CT molecular complexity index is 260. The fraction of sp³-hybridized carbons (Fsp3) is 0.375. The minimum absolute atomic E-state index is 0.537. The van der Waals surface area contributed by atoms with Crippen molar-refractivity contribution in [3.8, 4) is 0 Å². The quantitative estimate of drug-likeness (QED) is 0.429. The van der Waals surface area contributed by atoms with Gasteiger partial charge in [0.1, 0.15) is 5.01 Å². The summed E-state index contributed by atoms with van der Waals surface area (Å²) >= 11 is 3.25. The summed E-state index contributed by atoms with van der Waals surface area (Å²) in [5, 5.41) is 3.05. The second-order valence-electron chi connectivity index (χ2n) is 2.36. The first-order valence-corrected chi connectivity index (χ1v) is 5.82. The molecule has 0 amide bonds. The summed E-state index contributed by atoms with van der Waals surface area (Å²) in [6, 6.07) is 0. The average molecular weight is 215 g/mol. The molecular formula is C8H13N3S2. The van der Waals surface area contributed by atoms with Crippen LogP contribution in [0.25, 0.3) is 0 Å². The lowest BCUT2D eigenvalue weighted by Crippen LogP contribution is -2.02. The minimum atomic E-state index is 0.537. The van der Waals surface area contributed by atoms with Crippen molar-refractivity contribution in [2.45, 2.75) is 12.3 Å². The van der Waals surface area contributed by atoms with Gasteiger partial charge in [-0.25, -0.2) is 4.98 Å². The molecule has 0 radical (unpaired) electrons. The molecule has 3 N–H and O–H groups in total. The molecule has 0 aliphatic heterocycles. The van der Waals surface area contributed by atoms with E-state index in [4.69, 9.17) is 5.73 Å². The number of rotatable bonds is 6. The summed E-state index contributed by atoms with van der Waals surface area (Å²) < 4.78 is 3.14. The van der Waals surface area contributed by atoms with Crippen molar-refractivity contribution < 1.29 is 0 Å². The molecular weight excluding hydrogens is 202 g/mol. The molecule has 0 unspecified atom stereocenters. The number of hydrogen-bond acceptors (Lipinski definition) is 5. The van der Waals surface area contributed by atoms with Crippen molar-refractivity contribution in [3.63, 3.8) is 0 Å². The van der Waals surface area contributed by atoms with Crippen LogP contribution in [0, 0.1) is 0 Å². The number of nitrogens with two attached hydrogens (primary N) is 1. The third-order valence-electron chi connectivity index (χ3n) is 1.32. The number of hydrogen-bond donors (Lipinski definition) is 2. The Hall–Kier alpha value is -0.360. The monoisotopic (exact) mass is 215 g/mol. The van der Waals surface area contributed by atoms with E-state index in [1.165, 1.54) is 0 Å². The topological polar surface area (TPSA) is 50.9 Å². The molecule has 1 rings (SSSR count). The SMILES string of the molecule is C=CCNSCc1csc(CN)n1. The number of nitrogens with one attached hydrogen (secondary N) is 1. The lowest BCUT2D eigenvalue weighted by molar-refractivity contribution is 1.01. The summed E-state index contributed by atoms with van der Waals surface area (Å²) in [7, 11) is 0. The third-order valence-corrected chi connectivity index (χ3v) is 3.05. The highest BCUT2D eigenvalue weighted by molar-refractivity contribution is 7.96. The molecule has 1 heterocycles. The van der Waals surface area contributed by atoms with Gasteiger partial charge in [-0.05, 0) is 0 Å².